The summed E-state index contributed by atoms with van der Waals surface area (Å²) < 4.78 is 6.17. The Morgan fingerprint density at radius 1 is 1.50 bits per heavy atom. The molecule has 1 aromatic rings. The van der Waals surface area contributed by atoms with Gasteiger partial charge in [-0.05, 0) is 0 Å². The van der Waals surface area contributed by atoms with E-state index in [4.69, 9.17) is 9.84 Å². The maximum absolute atomic E-state index is 11.4. The molecule has 2 heterocycles. The van der Waals surface area contributed by atoms with Crippen LogP contribution in [0.5, 0.6) is 0 Å². The van der Waals surface area contributed by atoms with Crippen LogP contribution in [0.2, 0.25) is 0 Å². The summed E-state index contributed by atoms with van der Waals surface area (Å²) in [6.07, 6.45) is 0.771. The van der Waals surface area contributed by atoms with Crippen molar-refractivity contribution in [1.29, 1.82) is 0 Å². The first-order valence-electron chi connectivity index (χ1n) is 4.61. The fraction of sp³-hybridized carbons (Fsp3) is 0.333. The fourth-order valence-electron chi connectivity index (χ4n) is 1.39. The molecule has 3 N–H and O–H groups in total. The lowest BCUT2D eigenvalue weighted by molar-refractivity contribution is 0.0254. The number of hydrogen-bond acceptors (Lipinski definition) is 5. The number of ether oxygens (including phenoxy) is 1. The fourth-order valence-corrected chi connectivity index (χ4v) is 1.39. The molecule has 0 spiro atoms. The first-order chi connectivity index (χ1) is 7.61. The maximum Gasteiger partial charge on any atom is 0.335 e. The SMILES string of the molecule is O=c1ccn(C2=C[C@H](O)[C@@H](CO)O2)c(=O)[nH]1. The molecule has 16 heavy (non-hydrogen) atoms. The smallest absolute Gasteiger partial charge is 0.335 e. The second-order valence-electron chi connectivity index (χ2n) is 3.31. The van der Waals surface area contributed by atoms with E-state index in [2.05, 4.69) is 4.98 Å². The highest BCUT2D eigenvalue weighted by Gasteiger charge is 2.28. The van der Waals surface area contributed by atoms with Crippen LogP contribution >= 0.6 is 0 Å². The van der Waals surface area contributed by atoms with Crippen LogP contribution in [-0.2, 0) is 4.74 Å². The third-order valence-electron chi connectivity index (χ3n) is 2.21. The molecule has 1 aromatic heterocycles. The molecule has 2 rings (SSSR count). The minimum atomic E-state index is -0.973. The van der Waals surface area contributed by atoms with Gasteiger partial charge < -0.3 is 14.9 Å². The highest BCUT2D eigenvalue weighted by Crippen LogP contribution is 2.19. The number of aromatic amines is 1. The number of H-pyrrole nitrogens is 1. The van der Waals surface area contributed by atoms with Gasteiger partial charge in [0.15, 0.2) is 6.10 Å². The summed E-state index contributed by atoms with van der Waals surface area (Å²) in [7, 11) is 0. The second-order valence-corrected chi connectivity index (χ2v) is 3.31. The Balaban J connectivity index is 2.37. The normalized spacial score (nSPS) is 24.0. The van der Waals surface area contributed by atoms with Crippen molar-refractivity contribution in [3.8, 4) is 0 Å². The monoisotopic (exact) mass is 226 g/mol. The van der Waals surface area contributed by atoms with Gasteiger partial charge in [-0.25, -0.2) is 9.36 Å². The summed E-state index contributed by atoms with van der Waals surface area (Å²) in [5, 5.41) is 18.3. The average molecular weight is 226 g/mol. The Kier molecular flexibility index (Phi) is 2.63. The van der Waals surface area contributed by atoms with E-state index in [0.29, 0.717) is 0 Å². The van der Waals surface area contributed by atoms with Crippen molar-refractivity contribution in [1.82, 2.24) is 9.55 Å². The number of aromatic nitrogens is 2. The van der Waals surface area contributed by atoms with Crippen molar-refractivity contribution < 1.29 is 14.9 Å². The summed E-state index contributed by atoms with van der Waals surface area (Å²) in [6.45, 7) is -0.362. The van der Waals surface area contributed by atoms with Crippen LogP contribution in [0.1, 0.15) is 0 Å². The average Bonchev–Trinajstić information content (AvgIpc) is 2.59. The predicted molar refractivity (Wildman–Crippen MR) is 53.6 cm³/mol. The summed E-state index contributed by atoms with van der Waals surface area (Å²) in [5.74, 6) is 0.0906. The third-order valence-corrected chi connectivity index (χ3v) is 2.21. The molecule has 0 amide bonds. The van der Waals surface area contributed by atoms with E-state index in [0.717, 1.165) is 10.6 Å². The van der Waals surface area contributed by atoms with Crippen molar-refractivity contribution in [3.05, 3.63) is 39.2 Å². The largest absolute Gasteiger partial charge is 0.470 e. The molecule has 86 valence electrons. The number of nitrogens with zero attached hydrogens (tertiary/aromatic N) is 1. The van der Waals surface area contributed by atoms with Gasteiger partial charge in [0.1, 0.15) is 6.10 Å². The second kappa shape index (κ2) is 3.95. The molecule has 7 heteroatoms. The lowest BCUT2D eigenvalue weighted by atomic mass is 10.2. The van der Waals surface area contributed by atoms with Crippen molar-refractivity contribution >= 4 is 5.88 Å². The Bertz CT molecular complexity index is 529. The molecule has 7 nitrogen and oxygen atoms in total. The molecule has 1 aliphatic heterocycles. The molecule has 1 aliphatic rings. The van der Waals surface area contributed by atoms with E-state index in [9.17, 15) is 14.7 Å². The van der Waals surface area contributed by atoms with Gasteiger partial charge in [-0.15, -0.1) is 0 Å². The van der Waals surface area contributed by atoms with Crippen molar-refractivity contribution in [2.75, 3.05) is 6.61 Å². The summed E-state index contributed by atoms with van der Waals surface area (Å²) in [4.78, 5) is 24.2. The highest BCUT2D eigenvalue weighted by molar-refractivity contribution is 5.41. The van der Waals surface area contributed by atoms with E-state index in [1.165, 1.54) is 12.3 Å². The van der Waals surface area contributed by atoms with Crippen molar-refractivity contribution in [3.63, 3.8) is 0 Å². The van der Waals surface area contributed by atoms with Gasteiger partial charge in [0.05, 0.1) is 6.61 Å². The quantitative estimate of drug-likeness (QED) is 0.545. The molecular weight excluding hydrogens is 216 g/mol. The van der Waals surface area contributed by atoms with Gasteiger partial charge in [0.25, 0.3) is 5.56 Å². The molecule has 0 aromatic carbocycles. The van der Waals surface area contributed by atoms with Crippen LogP contribution in [0.25, 0.3) is 5.88 Å². The van der Waals surface area contributed by atoms with Crippen molar-refractivity contribution in [2.24, 2.45) is 0 Å². The molecule has 0 saturated heterocycles. The zero-order valence-electron chi connectivity index (χ0n) is 8.16. The van der Waals surface area contributed by atoms with E-state index >= 15 is 0 Å². The van der Waals surface area contributed by atoms with Gasteiger partial charge in [-0.2, -0.15) is 0 Å². The van der Waals surface area contributed by atoms with E-state index in [1.807, 2.05) is 0 Å². The molecule has 2 atom stereocenters. The molecule has 0 saturated carbocycles. The van der Waals surface area contributed by atoms with E-state index in [1.54, 1.807) is 0 Å². The van der Waals surface area contributed by atoms with Crippen LogP contribution in [0.15, 0.2) is 27.9 Å². The minimum Gasteiger partial charge on any atom is -0.470 e. The maximum atomic E-state index is 11.4. The molecule has 0 fully saturated rings. The Labute approximate surface area is 89.2 Å². The number of aliphatic hydroxyl groups is 2. The first kappa shape index (κ1) is 10.7. The zero-order chi connectivity index (χ0) is 11.7. The topological polar surface area (TPSA) is 105 Å². The summed E-state index contributed by atoms with van der Waals surface area (Å²) >= 11 is 0. The molecule has 0 radical (unpaired) electrons. The first-order valence-corrected chi connectivity index (χ1v) is 4.61. The molecule has 0 unspecified atom stereocenters. The van der Waals surface area contributed by atoms with E-state index in [-0.39, 0.29) is 12.5 Å². The Hall–Kier alpha value is -1.86. The standard InChI is InChI=1S/C9H10N2O5/c12-4-6-5(13)3-8(16-6)11-2-1-7(14)10-9(11)15/h1-3,5-6,12-13H,4H2,(H,10,14,15)/t5-,6+/m0/s1. The molecule has 0 bridgehead atoms. The Morgan fingerprint density at radius 3 is 2.81 bits per heavy atom. The number of rotatable bonds is 2. The van der Waals surface area contributed by atoms with Crippen LogP contribution in [0.3, 0.4) is 0 Å². The summed E-state index contributed by atoms with van der Waals surface area (Å²) in [5.41, 5.74) is -1.18. The van der Waals surface area contributed by atoms with Crippen LogP contribution in [0, 0.1) is 0 Å². The molecular formula is C9H10N2O5. The Morgan fingerprint density at radius 2 is 2.25 bits per heavy atom. The highest BCUT2D eigenvalue weighted by atomic mass is 16.5. The van der Waals surface area contributed by atoms with Crippen LogP contribution < -0.4 is 11.2 Å². The van der Waals surface area contributed by atoms with E-state index < -0.39 is 23.5 Å². The lowest BCUT2D eigenvalue weighted by Gasteiger charge is -2.12. The van der Waals surface area contributed by atoms with Crippen LogP contribution in [0.4, 0.5) is 0 Å². The number of hydrogen-bond donors (Lipinski definition) is 3. The van der Waals surface area contributed by atoms with Crippen molar-refractivity contribution in [2.45, 2.75) is 12.2 Å². The lowest BCUT2D eigenvalue weighted by Crippen LogP contribution is -2.29. The van der Waals surface area contributed by atoms with Gasteiger partial charge >= 0.3 is 5.69 Å². The zero-order valence-corrected chi connectivity index (χ0v) is 8.16. The van der Waals surface area contributed by atoms with Crippen LogP contribution in [-0.4, -0.2) is 38.6 Å². The van der Waals surface area contributed by atoms with Gasteiger partial charge in [0, 0.05) is 18.3 Å². The van der Waals surface area contributed by atoms with Gasteiger partial charge in [0.2, 0.25) is 5.88 Å². The third kappa shape index (κ3) is 1.77. The summed E-state index contributed by atoms with van der Waals surface area (Å²) in [6, 6.07) is 1.16. The predicted octanol–water partition coefficient (Wildman–Crippen LogP) is -1.91. The van der Waals surface area contributed by atoms with Gasteiger partial charge in [-0.3, -0.25) is 9.78 Å². The minimum absolute atomic E-state index is 0.0906. The number of nitrogens with one attached hydrogen (secondary N) is 1. The van der Waals surface area contributed by atoms with Gasteiger partial charge in [-0.1, -0.05) is 0 Å². The molecule has 0 aliphatic carbocycles. The number of aliphatic hydroxyl groups excluding tert-OH is 2.